The van der Waals surface area contributed by atoms with Gasteiger partial charge in [-0.05, 0) is 49.7 Å². The summed E-state index contributed by atoms with van der Waals surface area (Å²) in [6.07, 6.45) is 2.29. The van der Waals surface area contributed by atoms with Gasteiger partial charge < -0.3 is 10.1 Å². The van der Waals surface area contributed by atoms with E-state index in [4.69, 9.17) is 0 Å². The molecule has 0 amide bonds. The van der Waals surface area contributed by atoms with Gasteiger partial charge >= 0.3 is 6.36 Å². The molecule has 0 aromatic heterocycles. The fraction of sp³-hybridized carbons (Fsp3) is 0.500. The van der Waals surface area contributed by atoms with E-state index in [-0.39, 0.29) is 11.8 Å². The highest BCUT2D eigenvalue weighted by Crippen LogP contribution is 2.45. The molecule has 0 radical (unpaired) electrons. The lowest BCUT2D eigenvalue weighted by Gasteiger charge is -2.27. The molecule has 4 unspecified atom stereocenters. The Balaban J connectivity index is 1.65. The second kappa shape index (κ2) is 5.28. The summed E-state index contributed by atoms with van der Waals surface area (Å²) in [7, 11) is 0. The molecule has 3 rings (SSSR count). The van der Waals surface area contributed by atoms with Crippen LogP contribution in [0.4, 0.5) is 18.9 Å². The highest BCUT2D eigenvalue weighted by molar-refractivity contribution is 5.49. The third-order valence-corrected chi connectivity index (χ3v) is 4.43. The van der Waals surface area contributed by atoms with Crippen LogP contribution < -0.4 is 10.1 Å². The van der Waals surface area contributed by atoms with Crippen LogP contribution in [-0.4, -0.2) is 12.4 Å². The second-order valence-corrected chi connectivity index (χ2v) is 5.95. The van der Waals surface area contributed by atoms with E-state index < -0.39 is 6.36 Å². The van der Waals surface area contributed by atoms with Gasteiger partial charge in [0.25, 0.3) is 0 Å². The number of hydrogen-bond acceptors (Lipinski definition) is 2. The summed E-state index contributed by atoms with van der Waals surface area (Å²) in [5, 5.41) is 3.31. The van der Waals surface area contributed by atoms with Crippen LogP contribution in [0.1, 0.15) is 19.8 Å². The van der Waals surface area contributed by atoms with Gasteiger partial charge in [0.2, 0.25) is 0 Å². The van der Waals surface area contributed by atoms with Crippen LogP contribution >= 0.6 is 0 Å². The Labute approximate surface area is 122 Å². The first-order chi connectivity index (χ1) is 9.90. The zero-order valence-corrected chi connectivity index (χ0v) is 11.7. The molecule has 1 N–H and O–H groups in total. The molecule has 1 aromatic carbocycles. The number of hydrogen-bond donors (Lipinski definition) is 1. The monoisotopic (exact) mass is 297 g/mol. The van der Waals surface area contributed by atoms with E-state index in [9.17, 15) is 13.2 Å². The smallest absolute Gasteiger partial charge is 0.406 e. The van der Waals surface area contributed by atoms with Crippen LogP contribution in [0.2, 0.25) is 0 Å². The van der Waals surface area contributed by atoms with Crippen LogP contribution in [0.15, 0.2) is 36.4 Å². The summed E-state index contributed by atoms with van der Waals surface area (Å²) < 4.78 is 40.6. The molecule has 0 saturated heterocycles. The van der Waals surface area contributed by atoms with E-state index in [0.29, 0.717) is 23.4 Å². The number of rotatable bonds is 4. The van der Waals surface area contributed by atoms with Crippen LogP contribution in [-0.2, 0) is 0 Å². The first kappa shape index (κ1) is 14.3. The topological polar surface area (TPSA) is 21.3 Å². The molecule has 5 heteroatoms. The van der Waals surface area contributed by atoms with Crippen molar-refractivity contribution in [3.8, 4) is 5.75 Å². The maximum Gasteiger partial charge on any atom is 0.573 e. The zero-order valence-electron chi connectivity index (χ0n) is 11.7. The zero-order chi connectivity index (χ0) is 15.0. The maximum absolute atomic E-state index is 12.2. The van der Waals surface area contributed by atoms with Crippen molar-refractivity contribution in [2.45, 2.75) is 32.2 Å². The van der Waals surface area contributed by atoms with Gasteiger partial charge in [0.1, 0.15) is 5.75 Å². The molecule has 2 aliphatic rings. The predicted octanol–water partition coefficient (Wildman–Crippen LogP) is 4.60. The first-order valence-electron chi connectivity index (χ1n) is 7.21. The van der Waals surface area contributed by atoms with Crippen molar-refractivity contribution in [3.05, 3.63) is 36.4 Å². The third-order valence-electron chi connectivity index (χ3n) is 4.43. The van der Waals surface area contributed by atoms with E-state index in [1.54, 1.807) is 12.1 Å². The molecule has 0 aliphatic heterocycles. The van der Waals surface area contributed by atoms with Crippen molar-refractivity contribution >= 4 is 5.69 Å². The molecule has 2 bridgehead atoms. The number of fused-ring (bicyclic) bond motifs is 2. The van der Waals surface area contributed by atoms with Crippen molar-refractivity contribution < 1.29 is 17.9 Å². The summed E-state index contributed by atoms with van der Waals surface area (Å²) in [6.45, 7) is 2.09. The van der Waals surface area contributed by atoms with Crippen molar-refractivity contribution in [1.29, 1.82) is 0 Å². The predicted molar refractivity (Wildman–Crippen MR) is 75.1 cm³/mol. The minimum atomic E-state index is -4.65. The van der Waals surface area contributed by atoms with Gasteiger partial charge in [-0.1, -0.05) is 18.2 Å². The van der Waals surface area contributed by atoms with Crippen LogP contribution in [0, 0.1) is 17.8 Å². The molecule has 4 atom stereocenters. The van der Waals surface area contributed by atoms with Gasteiger partial charge in [-0.2, -0.15) is 0 Å². The number of anilines is 1. The molecule has 0 heterocycles. The van der Waals surface area contributed by atoms with E-state index >= 15 is 0 Å². The maximum atomic E-state index is 12.2. The quantitative estimate of drug-likeness (QED) is 0.820. The molecule has 1 aromatic rings. The molecule has 2 nitrogen and oxygen atoms in total. The van der Waals surface area contributed by atoms with E-state index in [1.807, 2.05) is 0 Å². The van der Waals surface area contributed by atoms with Gasteiger partial charge in [-0.15, -0.1) is 13.2 Å². The average Bonchev–Trinajstić information content (AvgIpc) is 2.99. The Bertz CT molecular complexity index is 541. The Morgan fingerprint density at radius 3 is 2.67 bits per heavy atom. The number of halogens is 3. The molecule has 114 valence electrons. The fourth-order valence-electron chi connectivity index (χ4n) is 3.55. The van der Waals surface area contributed by atoms with Gasteiger partial charge in [0.15, 0.2) is 0 Å². The summed E-state index contributed by atoms with van der Waals surface area (Å²) >= 11 is 0. The molecule has 2 aliphatic carbocycles. The largest absolute Gasteiger partial charge is 0.573 e. The van der Waals surface area contributed by atoms with Gasteiger partial charge in [-0.25, -0.2) is 0 Å². The Hall–Kier alpha value is -1.65. The van der Waals surface area contributed by atoms with Gasteiger partial charge in [-0.3, -0.25) is 0 Å². The lowest BCUT2D eigenvalue weighted by Crippen LogP contribution is -2.28. The molecular weight excluding hydrogens is 279 g/mol. The van der Waals surface area contributed by atoms with Crippen LogP contribution in [0.3, 0.4) is 0 Å². The number of benzene rings is 1. The summed E-state index contributed by atoms with van der Waals surface area (Å²) in [6, 6.07) is 6.27. The Kier molecular flexibility index (Phi) is 3.59. The summed E-state index contributed by atoms with van der Waals surface area (Å²) in [5.74, 6) is 1.65. The SMILES string of the molecule is CC(Nc1cccc(OC(F)(F)F)c1)C1CC2C=CC1C2. The van der Waals surface area contributed by atoms with Crippen LogP contribution in [0.5, 0.6) is 5.75 Å². The average molecular weight is 297 g/mol. The minimum absolute atomic E-state index is 0.187. The lowest BCUT2D eigenvalue weighted by molar-refractivity contribution is -0.274. The number of alkyl halides is 3. The minimum Gasteiger partial charge on any atom is -0.406 e. The van der Waals surface area contributed by atoms with Gasteiger partial charge in [0.05, 0.1) is 0 Å². The van der Waals surface area contributed by atoms with Crippen LogP contribution in [0.25, 0.3) is 0 Å². The van der Waals surface area contributed by atoms with Crippen molar-refractivity contribution in [2.75, 3.05) is 5.32 Å². The summed E-state index contributed by atoms with van der Waals surface area (Å²) in [4.78, 5) is 0. The molecule has 1 saturated carbocycles. The fourth-order valence-corrected chi connectivity index (χ4v) is 3.55. The highest BCUT2D eigenvalue weighted by Gasteiger charge is 2.38. The lowest BCUT2D eigenvalue weighted by atomic mass is 9.87. The Morgan fingerprint density at radius 1 is 1.24 bits per heavy atom. The van der Waals surface area contributed by atoms with Gasteiger partial charge in [0, 0.05) is 17.8 Å². The first-order valence-corrected chi connectivity index (χ1v) is 7.21. The third kappa shape index (κ3) is 3.34. The Morgan fingerprint density at radius 2 is 2.05 bits per heavy atom. The van der Waals surface area contributed by atoms with Crippen molar-refractivity contribution in [3.63, 3.8) is 0 Å². The highest BCUT2D eigenvalue weighted by atomic mass is 19.4. The van der Waals surface area contributed by atoms with Crippen molar-refractivity contribution in [2.24, 2.45) is 17.8 Å². The molecule has 21 heavy (non-hydrogen) atoms. The standard InChI is InChI=1S/C16H18F3NO/c1-10(15-8-11-5-6-12(15)7-11)20-13-3-2-4-14(9-13)21-16(17,18)19/h2-6,9-12,15,20H,7-8H2,1H3. The van der Waals surface area contributed by atoms with E-state index in [2.05, 4.69) is 29.1 Å². The number of allylic oxidation sites excluding steroid dienone is 2. The van der Waals surface area contributed by atoms with E-state index in [1.165, 1.54) is 18.6 Å². The molecule has 1 fully saturated rings. The van der Waals surface area contributed by atoms with Crippen molar-refractivity contribution in [1.82, 2.24) is 0 Å². The second-order valence-electron chi connectivity index (χ2n) is 5.95. The summed E-state index contributed by atoms with van der Waals surface area (Å²) in [5.41, 5.74) is 0.663. The number of ether oxygens (including phenoxy) is 1. The number of nitrogens with one attached hydrogen (secondary N) is 1. The molecule has 0 spiro atoms. The van der Waals surface area contributed by atoms with E-state index in [0.717, 1.165) is 6.42 Å². The molecular formula is C16H18F3NO. The normalized spacial score (nSPS) is 28.7.